The Kier molecular flexibility index (Phi) is 5.40. The van der Waals surface area contributed by atoms with Crippen LogP contribution < -0.4 is 0 Å². The first-order chi connectivity index (χ1) is 15.1. The molecule has 190 valence electrons. The van der Waals surface area contributed by atoms with Gasteiger partial charge in [-0.15, -0.1) is 0 Å². The van der Waals surface area contributed by atoms with Gasteiger partial charge in [0.1, 0.15) is 0 Å². The van der Waals surface area contributed by atoms with Crippen LogP contribution >= 0.6 is 0 Å². The molecule has 4 saturated carbocycles. The molecule has 1 aliphatic heterocycles. The monoisotopic (exact) mass is 458 g/mol. The highest BCUT2D eigenvalue weighted by atomic mass is 16.5. The van der Waals surface area contributed by atoms with Gasteiger partial charge in [-0.25, -0.2) is 0 Å². The van der Waals surface area contributed by atoms with Crippen LogP contribution in [0.2, 0.25) is 0 Å². The first-order valence-corrected chi connectivity index (χ1v) is 14.5. The second-order valence-corrected chi connectivity index (χ2v) is 15.6. The van der Waals surface area contributed by atoms with E-state index < -0.39 is 0 Å². The predicted octanol–water partition coefficient (Wildman–Crippen LogP) is 8.02. The Hall–Kier alpha value is -0.0800. The van der Waals surface area contributed by atoms with Gasteiger partial charge in [0.05, 0.1) is 17.3 Å². The summed E-state index contributed by atoms with van der Waals surface area (Å²) in [7, 11) is 0. The van der Waals surface area contributed by atoms with Crippen LogP contribution in [-0.4, -0.2) is 22.4 Å². The number of rotatable bonds is 2. The van der Waals surface area contributed by atoms with Gasteiger partial charge >= 0.3 is 0 Å². The molecule has 0 bridgehead atoms. The normalized spacial score (nSPS) is 58.1. The minimum atomic E-state index is -0.127. The molecule has 0 aromatic rings. The summed E-state index contributed by atoms with van der Waals surface area (Å²) in [6.45, 7) is 22.3. The molecule has 1 N–H and O–H groups in total. The largest absolute Gasteiger partial charge is 0.393 e. The second kappa shape index (κ2) is 7.24. The van der Waals surface area contributed by atoms with Gasteiger partial charge in [0, 0.05) is 0 Å². The third-order valence-corrected chi connectivity index (χ3v) is 14.0. The first kappa shape index (κ1) is 24.6. The molecule has 0 spiro atoms. The lowest BCUT2D eigenvalue weighted by Gasteiger charge is -2.70. The van der Waals surface area contributed by atoms with E-state index in [1.807, 2.05) is 0 Å². The van der Waals surface area contributed by atoms with Crippen LogP contribution in [0.15, 0.2) is 0 Å². The molecule has 0 amide bonds. The van der Waals surface area contributed by atoms with Gasteiger partial charge in [0.15, 0.2) is 0 Å². The summed E-state index contributed by atoms with van der Waals surface area (Å²) in [6, 6.07) is 0. The topological polar surface area (TPSA) is 29.5 Å². The minimum Gasteiger partial charge on any atom is -0.393 e. The Morgan fingerprint density at radius 3 is 1.97 bits per heavy atom. The van der Waals surface area contributed by atoms with Crippen molar-refractivity contribution in [2.45, 2.75) is 144 Å². The van der Waals surface area contributed by atoms with Gasteiger partial charge in [-0.1, -0.05) is 48.5 Å². The van der Waals surface area contributed by atoms with E-state index in [2.05, 4.69) is 62.3 Å². The molecule has 4 aliphatic carbocycles. The van der Waals surface area contributed by atoms with Gasteiger partial charge in [0.25, 0.3) is 0 Å². The fraction of sp³-hybridized carbons (Fsp3) is 1.00. The van der Waals surface area contributed by atoms with Gasteiger partial charge in [-0.2, -0.15) is 0 Å². The molecule has 0 radical (unpaired) electrons. The minimum absolute atomic E-state index is 0.0505. The molecular formula is C31H54O2. The number of aliphatic hydroxyl groups is 1. The smallest absolute Gasteiger partial charge is 0.0694 e. The lowest BCUT2D eigenvalue weighted by Crippen LogP contribution is -2.64. The molecule has 2 heteroatoms. The molecule has 2 nitrogen and oxygen atoms in total. The summed E-state index contributed by atoms with van der Waals surface area (Å²) < 4.78 is 7.06. The molecule has 1 saturated heterocycles. The number of hydrogen-bond acceptors (Lipinski definition) is 2. The molecule has 0 unspecified atom stereocenters. The molecule has 5 fully saturated rings. The lowest BCUT2D eigenvalue weighted by molar-refractivity contribution is -0.227. The molecule has 0 aromatic heterocycles. The second-order valence-electron chi connectivity index (χ2n) is 15.6. The zero-order valence-electron chi connectivity index (χ0n) is 23.4. The van der Waals surface area contributed by atoms with Crippen LogP contribution in [0.1, 0.15) is 127 Å². The van der Waals surface area contributed by atoms with Gasteiger partial charge in [-0.05, 0) is 129 Å². The Morgan fingerprint density at radius 1 is 0.667 bits per heavy atom. The van der Waals surface area contributed by atoms with Crippen molar-refractivity contribution < 1.29 is 9.84 Å². The van der Waals surface area contributed by atoms with Crippen LogP contribution in [0, 0.1) is 51.2 Å². The van der Waals surface area contributed by atoms with Crippen molar-refractivity contribution in [2.75, 3.05) is 0 Å². The van der Waals surface area contributed by atoms with Crippen molar-refractivity contribution in [3.8, 4) is 0 Å². The Bertz CT molecular complexity index is 788. The molecule has 5 rings (SSSR count). The van der Waals surface area contributed by atoms with Crippen LogP contribution in [0.5, 0.6) is 0 Å². The summed E-state index contributed by atoms with van der Waals surface area (Å²) in [5, 5.41) is 10.9. The maximum atomic E-state index is 10.9. The summed E-state index contributed by atoms with van der Waals surface area (Å²) in [5.41, 5.74) is 1.39. The van der Waals surface area contributed by atoms with E-state index in [0.717, 1.165) is 24.2 Å². The molecule has 1 heterocycles. The maximum absolute atomic E-state index is 10.9. The summed E-state index contributed by atoms with van der Waals surface area (Å²) in [5.74, 6) is 3.57. The van der Waals surface area contributed by atoms with Crippen molar-refractivity contribution in [3.05, 3.63) is 0 Å². The molecule has 0 aromatic carbocycles. The zero-order chi connectivity index (χ0) is 24.2. The van der Waals surface area contributed by atoms with E-state index in [4.69, 9.17) is 4.74 Å². The van der Waals surface area contributed by atoms with Gasteiger partial charge in [-0.3, -0.25) is 0 Å². The first-order valence-electron chi connectivity index (χ1n) is 14.5. The van der Waals surface area contributed by atoms with Crippen molar-refractivity contribution in [2.24, 2.45) is 51.2 Å². The predicted molar refractivity (Wildman–Crippen MR) is 137 cm³/mol. The van der Waals surface area contributed by atoms with Crippen LogP contribution in [0.4, 0.5) is 0 Å². The summed E-state index contributed by atoms with van der Waals surface area (Å²) >= 11 is 0. The lowest BCUT2D eigenvalue weighted by atomic mass is 9.35. The Balaban J connectivity index is 1.45. The highest BCUT2D eigenvalue weighted by Crippen LogP contribution is 2.76. The Labute approximate surface area is 205 Å². The van der Waals surface area contributed by atoms with E-state index in [1.54, 1.807) is 0 Å². The van der Waals surface area contributed by atoms with E-state index in [1.165, 1.54) is 57.8 Å². The van der Waals surface area contributed by atoms with Gasteiger partial charge in [0.2, 0.25) is 0 Å². The summed E-state index contributed by atoms with van der Waals surface area (Å²) in [4.78, 5) is 0. The van der Waals surface area contributed by atoms with Crippen molar-refractivity contribution in [1.29, 1.82) is 0 Å². The van der Waals surface area contributed by atoms with E-state index in [9.17, 15) is 5.11 Å². The van der Waals surface area contributed by atoms with E-state index in [0.29, 0.717) is 28.1 Å². The van der Waals surface area contributed by atoms with Gasteiger partial charge < -0.3 is 9.84 Å². The molecular weight excluding hydrogens is 404 g/mol. The highest BCUT2D eigenvalue weighted by Gasteiger charge is 2.70. The maximum Gasteiger partial charge on any atom is 0.0694 e. The number of fused-ring (bicyclic) bond motifs is 5. The average Bonchev–Trinajstić information content (AvgIpc) is 3.25. The van der Waals surface area contributed by atoms with E-state index in [-0.39, 0.29) is 22.7 Å². The van der Waals surface area contributed by atoms with Crippen LogP contribution in [-0.2, 0) is 4.74 Å². The van der Waals surface area contributed by atoms with Crippen LogP contribution in [0.3, 0.4) is 0 Å². The van der Waals surface area contributed by atoms with Crippen molar-refractivity contribution in [3.63, 3.8) is 0 Å². The fourth-order valence-electron chi connectivity index (χ4n) is 11.3. The fourth-order valence-corrected chi connectivity index (χ4v) is 11.3. The van der Waals surface area contributed by atoms with E-state index >= 15 is 0 Å². The number of hydrogen-bond donors (Lipinski definition) is 1. The SMILES string of the molecule is CC(C)[C@@]1(C)CC[C@@](C)([C@H]2CC[C@]3(C)[C@@H]2CC[C@H]2[C@@]4(C)CC[C@H](O)C(C)(C)[C@@H]4CC[C@]23C)O1. The Morgan fingerprint density at radius 2 is 1.33 bits per heavy atom. The van der Waals surface area contributed by atoms with Crippen molar-refractivity contribution in [1.82, 2.24) is 0 Å². The number of aliphatic hydroxyl groups excluding tert-OH is 1. The average molecular weight is 459 g/mol. The quantitative estimate of drug-likeness (QED) is 0.454. The summed E-state index contributed by atoms with van der Waals surface area (Å²) in [6.07, 6.45) is 12.7. The highest BCUT2D eigenvalue weighted by molar-refractivity contribution is 5.19. The third-order valence-electron chi connectivity index (χ3n) is 14.0. The standard InChI is InChI=1S/C31H54O2/c1-20(2)30(8)18-19-31(9,33-30)22-12-16-28(6)21(22)10-11-24-27(5)15-14-25(32)26(3,4)23(27)13-17-29(24,28)7/h20-25,32H,10-19H2,1-9H3/t21-,22+,23+,24+,25+,27+,28-,29-,30-,31+/m1/s1. The molecule has 33 heavy (non-hydrogen) atoms. The number of ether oxygens (including phenoxy) is 1. The molecule has 10 atom stereocenters. The van der Waals surface area contributed by atoms with Crippen LogP contribution in [0.25, 0.3) is 0 Å². The van der Waals surface area contributed by atoms with Crippen molar-refractivity contribution >= 4 is 0 Å². The third kappa shape index (κ3) is 3.04. The zero-order valence-corrected chi connectivity index (χ0v) is 23.4. The molecule has 5 aliphatic rings.